The largest absolute Gasteiger partial charge is 0.497 e. The average molecular weight is 381 g/mol. The third kappa shape index (κ3) is 3.57. The topological polar surface area (TPSA) is 42.0 Å². The van der Waals surface area contributed by atoms with Crippen molar-refractivity contribution in [1.29, 1.82) is 0 Å². The molecular formula is C20H29ClN2O3. The van der Waals surface area contributed by atoms with Crippen LogP contribution in [0.25, 0.3) is 0 Å². The van der Waals surface area contributed by atoms with E-state index in [0.29, 0.717) is 23.8 Å². The maximum Gasteiger partial charge on any atom is 0.225 e. The highest BCUT2D eigenvalue weighted by atomic mass is 35.5. The molecule has 3 aliphatic rings. The van der Waals surface area contributed by atoms with Crippen LogP contribution in [0.15, 0.2) is 24.3 Å². The number of nitrogens with zero attached hydrogens (tertiary/aromatic N) is 2. The van der Waals surface area contributed by atoms with Gasteiger partial charge in [0.2, 0.25) is 5.91 Å². The lowest BCUT2D eigenvalue weighted by Gasteiger charge is -2.29. The molecule has 3 saturated heterocycles. The van der Waals surface area contributed by atoms with Crippen molar-refractivity contribution >= 4 is 18.3 Å². The fraction of sp³-hybridized carbons (Fsp3) is 0.650. The van der Waals surface area contributed by atoms with E-state index in [2.05, 4.69) is 29.0 Å². The van der Waals surface area contributed by atoms with Gasteiger partial charge in [0.05, 0.1) is 7.11 Å². The Morgan fingerprint density at radius 1 is 1.12 bits per heavy atom. The van der Waals surface area contributed by atoms with Gasteiger partial charge in [0.15, 0.2) is 0 Å². The molecule has 3 aliphatic heterocycles. The maximum atomic E-state index is 12.9. The highest BCUT2D eigenvalue weighted by molar-refractivity contribution is 5.85. The van der Waals surface area contributed by atoms with E-state index in [1.807, 2.05) is 12.1 Å². The van der Waals surface area contributed by atoms with E-state index in [4.69, 9.17) is 9.47 Å². The molecule has 3 heterocycles. The third-order valence-electron chi connectivity index (χ3n) is 6.23. The molecule has 0 aromatic heterocycles. The van der Waals surface area contributed by atoms with Gasteiger partial charge in [0.25, 0.3) is 0 Å². The lowest BCUT2D eigenvalue weighted by molar-refractivity contribution is -0.137. The number of carbonyl (C=O) groups excluding carboxylic acids is 1. The molecule has 1 aromatic rings. The number of likely N-dealkylation sites (tertiary alicyclic amines) is 2. The van der Waals surface area contributed by atoms with Gasteiger partial charge in [0.1, 0.15) is 5.75 Å². The summed E-state index contributed by atoms with van der Waals surface area (Å²) in [6.45, 7) is 4.33. The predicted molar refractivity (Wildman–Crippen MR) is 103 cm³/mol. The van der Waals surface area contributed by atoms with E-state index >= 15 is 0 Å². The fourth-order valence-corrected chi connectivity index (χ4v) is 4.94. The van der Waals surface area contributed by atoms with Crippen molar-refractivity contribution < 1.29 is 14.3 Å². The van der Waals surface area contributed by atoms with Crippen molar-refractivity contribution in [2.24, 2.45) is 17.8 Å². The highest BCUT2D eigenvalue weighted by Gasteiger charge is 2.47. The van der Waals surface area contributed by atoms with E-state index < -0.39 is 0 Å². The second-order valence-electron chi connectivity index (χ2n) is 7.71. The molecule has 5 nitrogen and oxygen atoms in total. The highest BCUT2D eigenvalue weighted by Crippen LogP contribution is 2.44. The van der Waals surface area contributed by atoms with Gasteiger partial charge in [-0.2, -0.15) is 0 Å². The zero-order chi connectivity index (χ0) is 17.4. The van der Waals surface area contributed by atoms with Crippen LogP contribution in [0.5, 0.6) is 5.75 Å². The zero-order valence-corrected chi connectivity index (χ0v) is 16.4. The van der Waals surface area contributed by atoms with Gasteiger partial charge in [-0.15, -0.1) is 12.4 Å². The average Bonchev–Trinajstić information content (AvgIpc) is 3.18. The number of amides is 1. The Balaban J connectivity index is 0.00000196. The lowest BCUT2D eigenvalue weighted by atomic mass is 9.89. The number of fused-ring (bicyclic) bond motifs is 1. The minimum Gasteiger partial charge on any atom is -0.497 e. The molecule has 144 valence electrons. The molecule has 3 fully saturated rings. The first kappa shape index (κ1) is 19.5. The van der Waals surface area contributed by atoms with Crippen LogP contribution in [0, 0.1) is 17.8 Å². The van der Waals surface area contributed by atoms with Crippen molar-refractivity contribution in [2.45, 2.75) is 18.9 Å². The number of benzene rings is 1. The molecule has 26 heavy (non-hydrogen) atoms. The molecule has 0 radical (unpaired) electrons. The molecule has 1 aromatic carbocycles. The van der Waals surface area contributed by atoms with E-state index in [0.717, 1.165) is 51.4 Å². The van der Waals surface area contributed by atoms with Gasteiger partial charge < -0.3 is 14.4 Å². The Morgan fingerprint density at radius 2 is 1.81 bits per heavy atom. The Hall–Kier alpha value is -1.30. The number of hydrogen-bond acceptors (Lipinski definition) is 4. The summed E-state index contributed by atoms with van der Waals surface area (Å²) in [5.41, 5.74) is 1.33. The zero-order valence-electron chi connectivity index (χ0n) is 15.6. The molecule has 1 amide bonds. The first-order valence-corrected chi connectivity index (χ1v) is 9.38. The Kier molecular flexibility index (Phi) is 6.10. The van der Waals surface area contributed by atoms with Crippen molar-refractivity contribution in [3.05, 3.63) is 29.8 Å². The van der Waals surface area contributed by atoms with Crippen LogP contribution >= 0.6 is 12.4 Å². The van der Waals surface area contributed by atoms with Crippen molar-refractivity contribution in [3.8, 4) is 5.75 Å². The van der Waals surface area contributed by atoms with E-state index in [-0.39, 0.29) is 18.3 Å². The molecule has 0 N–H and O–H groups in total. The third-order valence-corrected chi connectivity index (χ3v) is 6.23. The standard InChI is InChI=1S/C20H28N2O3.ClH/c1-21-11-16-12-22(20(23)15-7-9-25-10-8-15)13-18(16)19(21)14-3-5-17(24-2)6-4-14;/h3-6,15-16,18-19H,7-13H2,1-2H3;1H/t16-,18+,19-;/m0./s1. The molecule has 0 unspecified atom stereocenters. The number of methoxy groups -OCH3 is 1. The smallest absolute Gasteiger partial charge is 0.225 e. The second-order valence-corrected chi connectivity index (χ2v) is 7.71. The summed E-state index contributed by atoms with van der Waals surface area (Å²) in [7, 11) is 3.90. The Bertz CT molecular complexity index is 618. The summed E-state index contributed by atoms with van der Waals surface area (Å²) >= 11 is 0. The fourth-order valence-electron chi connectivity index (χ4n) is 4.94. The van der Waals surface area contributed by atoms with Crippen molar-refractivity contribution in [3.63, 3.8) is 0 Å². The summed E-state index contributed by atoms with van der Waals surface area (Å²) in [4.78, 5) is 17.5. The number of rotatable bonds is 3. The summed E-state index contributed by atoms with van der Waals surface area (Å²) in [5.74, 6) is 2.53. The van der Waals surface area contributed by atoms with Gasteiger partial charge in [0, 0.05) is 50.7 Å². The van der Waals surface area contributed by atoms with Crippen molar-refractivity contribution in [1.82, 2.24) is 9.80 Å². The first-order valence-electron chi connectivity index (χ1n) is 9.38. The van der Waals surface area contributed by atoms with Crippen LogP contribution in [0.3, 0.4) is 0 Å². The van der Waals surface area contributed by atoms with Gasteiger partial charge in [-0.25, -0.2) is 0 Å². The molecule has 0 aliphatic carbocycles. The van der Waals surface area contributed by atoms with Crippen LogP contribution in [-0.4, -0.2) is 62.7 Å². The Morgan fingerprint density at radius 3 is 2.46 bits per heavy atom. The van der Waals surface area contributed by atoms with Crippen LogP contribution in [0.2, 0.25) is 0 Å². The van der Waals surface area contributed by atoms with E-state index in [1.54, 1.807) is 7.11 Å². The molecule has 3 atom stereocenters. The predicted octanol–water partition coefficient (Wildman–Crippen LogP) is 2.60. The van der Waals surface area contributed by atoms with Gasteiger partial charge in [-0.3, -0.25) is 9.69 Å². The lowest BCUT2D eigenvalue weighted by Crippen LogP contribution is -2.39. The molecule has 0 saturated carbocycles. The summed E-state index contributed by atoms with van der Waals surface area (Å²) in [5, 5.41) is 0. The minimum absolute atomic E-state index is 0. The molecule has 0 bridgehead atoms. The second kappa shape index (κ2) is 8.15. The summed E-state index contributed by atoms with van der Waals surface area (Å²) in [6.07, 6.45) is 1.76. The van der Waals surface area contributed by atoms with Crippen molar-refractivity contribution in [2.75, 3.05) is 47.0 Å². The minimum atomic E-state index is 0. The van der Waals surface area contributed by atoms with Gasteiger partial charge in [-0.05, 0) is 43.5 Å². The van der Waals surface area contributed by atoms with E-state index in [9.17, 15) is 4.79 Å². The molecule has 0 spiro atoms. The van der Waals surface area contributed by atoms with E-state index in [1.165, 1.54) is 5.56 Å². The normalized spacial score (nSPS) is 29.3. The van der Waals surface area contributed by atoms with Crippen LogP contribution in [-0.2, 0) is 9.53 Å². The van der Waals surface area contributed by atoms with Crippen LogP contribution < -0.4 is 4.74 Å². The summed E-state index contributed by atoms with van der Waals surface area (Å²) < 4.78 is 10.7. The van der Waals surface area contributed by atoms with Gasteiger partial charge in [-0.1, -0.05) is 12.1 Å². The first-order chi connectivity index (χ1) is 12.2. The molecular weight excluding hydrogens is 352 g/mol. The molecule has 4 rings (SSSR count). The number of ether oxygens (including phenoxy) is 2. The number of carbonyl (C=O) groups is 1. The number of hydrogen-bond donors (Lipinski definition) is 0. The Labute approximate surface area is 162 Å². The maximum absolute atomic E-state index is 12.9. The number of halogens is 1. The monoisotopic (exact) mass is 380 g/mol. The molecule has 6 heteroatoms. The van der Waals surface area contributed by atoms with Crippen LogP contribution in [0.4, 0.5) is 0 Å². The summed E-state index contributed by atoms with van der Waals surface area (Å²) in [6, 6.07) is 8.81. The van der Waals surface area contributed by atoms with Gasteiger partial charge >= 0.3 is 0 Å². The van der Waals surface area contributed by atoms with Crippen LogP contribution in [0.1, 0.15) is 24.4 Å². The SMILES string of the molecule is COc1ccc([C@H]2[C@@H]3CN(C(=O)C4CCOCC4)C[C@@H]3CN2C)cc1.Cl. The quantitative estimate of drug-likeness (QED) is 0.808.